The summed E-state index contributed by atoms with van der Waals surface area (Å²) in [6, 6.07) is 2.80. The summed E-state index contributed by atoms with van der Waals surface area (Å²) in [5.41, 5.74) is 1.55. The first kappa shape index (κ1) is 14.0. The molecule has 0 spiro atoms. The van der Waals surface area contributed by atoms with E-state index in [-0.39, 0.29) is 18.7 Å². The summed E-state index contributed by atoms with van der Waals surface area (Å²) < 4.78 is 68.4. The Morgan fingerprint density at radius 3 is 2.53 bits per heavy atom. The molecule has 19 heavy (non-hydrogen) atoms. The van der Waals surface area contributed by atoms with Crippen LogP contribution in [0.5, 0.6) is 0 Å². The molecule has 0 amide bonds. The van der Waals surface area contributed by atoms with E-state index >= 15 is 0 Å². The Kier molecular flexibility index (Phi) is 3.42. The number of alkyl halides is 4. The number of halogens is 5. The third-order valence-corrected chi connectivity index (χ3v) is 3.39. The quantitative estimate of drug-likeness (QED) is 0.645. The lowest BCUT2D eigenvalue weighted by Gasteiger charge is -2.44. The normalized spacial score (nSPS) is 26.6. The van der Waals surface area contributed by atoms with Crippen LogP contribution in [0.3, 0.4) is 0 Å². The van der Waals surface area contributed by atoms with Crippen LogP contribution >= 0.6 is 0 Å². The molecule has 0 bridgehead atoms. The highest BCUT2D eigenvalue weighted by Crippen LogP contribution is 2.48. The number of piperidine rings is 1. The topological polar surface area (TPSA) is 38.0 Å². The van der Waals surface area contributed by atoms with Gasteiger partial charge < -0.3 is 5.73 Å². The lowest BCUT2D eigenvalue weighted by molar-refractivity contribution is -0.174. The molecule has 7 heteroatoms. The molecule has 0 aromatic heterocycles. The van der Waals surface area contributed by atoms with E-state index in [0.717, 1.165) is 18.2 Å². The number of hydrogen-bond acceptors (Lipinski definition) is 2. The summed E-state index contributed by atoms with van der Waals surface area (Å²) in [5, 5.41) is 2.11. The Balaban J connectivity index is 2.65. The number of anilines is 1. The Hall–Kier alpha value is -1.37. The van der Waals surface area contributed by atoms with E-state index in [4.69, 9.17) is 5.73 Å². The van der Waals surface area contributed by atoms with Crippen molar-refractivity contribution in [2.24, 2.45) is 0 Å². The molecule has 0 unspecified atom stereocenters. The van der Waals surface area contributed by atoms with Gasteiger partial charge >= 0.3 is 0 Å². The van der Waals surface area contributed by atoms with E-state index in [1.807, 2.05) is 0 Å². The second-order valence-corrected chi connectivity index (χ2v) is 4.58. The maximum atomic E-state index is 14.0. The molecular weight excluding hydrogens is 267 g/mol. The molecule has 1 heterocycles. The Morgan fingerprint density at radius 1 is 1.26 bits per heavy atom. The average Bonchev–Trinajstić information content (AvgIpc) is 2.32. The largest absolute Gasteiger partial charge is 0.399 e. The van der Waals surface area contributed by atoms with Crippen molar-refractivity contribution in [2.75, 3.05) is 12.3 Å². The number of rotatable bonds is 2. The van der Waals surface area contributed by atoms with Gasteiger partial charge in [-0.25, -0.2) is 22.0 Å². The number of nitrogens with one attached hydrogen (secondary N) is 1. The number of nitrogen functional groups attached to an aromatic ring is 1. The summed E-state index contributed by atoms with van der Waals surface area (Å²) in [4.78, 5) is 0. The highest BCUT2D eigenvalue weighted by molar-refractivity contribution is 5.45. The Bertz CT molecular complexity index is 477. The second-order valence-electron chi connectivity index (χ2n) is 4.58. The molecule has 1 aromatic rings. The van der Waals surface area contributed by atoms with E-state index in [0.29, 0.717) is 0 Å². The standard InChI is InChI=1S/C12H13F5N2/c13-9-3-2-7(18)6-8(9)12(10(14)15)11(16,17)4-1-5-19-12/h2-3,6,10,19H,1,4-5,18H2/t12-/m0/s1. The van der Waals surface area contributed by atoms with E-state index in [2.05, 4.69) is 5.32 Å². The van der Waals surface area contributed by atoms with Crippen LogP contribution in [0.1, 0.15) is 18.4 Å². The first-order chi connectivity index (χ1) is 8.81. The zero-order chi connectivity index (χ0) is 14.3. The molecule has 1 atom stereocenters. The summed E-state index contributed by atoms with van der Waals surface area (Å²) >= 11 is 0. The van der Waals surface area contributed by atoms with Crippen molar-refractivity contribution >= 4 is 5.69 Å². The van der Waals surface area contributed by atoms with Gasteiger partial charge in [0.05, 0.1) is 0 Å². The molecule has 2 rings (SSSR count). The van der Waals surface area contributed by atoms with Crippen LogP contribution in [0, 0.1) is 5.82 Å². The van der Waals surface area contributed by atoms with Crippen molar-refractivity contribution in [3.05, 3.63) is 29.6 Å². The van der Waals surface area contributed by atoms with Crippen LogP contribution in [0.15, 0.2) is 18.2 Å². The van der Waals surface area contributed by atoms with Crippen LogP contribution in [0.4, 0.5) is 27.6 Å². The summed E-state index contributed by atoms with van der Waals surface area (Å²) in [6.45, 7) is -0.0336. The third kappa shape index (κ3) is 2.05. The van der Waals surface area contributed by atoms with Crippen LogP contribution in [-0.4, -0.2) is 18.9 Å². The average molecular weight is 280 g/mol. The minimum atomic E-state index is -3.76. The molecule has 1 fully saturated rings. The molecule has 1 aromatic carbocycles. The third-order valence-electron chi connectivity index (χ3n) is 3.39. The number of nitrogens with two attached hydrogens (primary N) is 1. The predicted molar refractivity (Wildman–Crippen MR) is 60.7 cm³/mol. The molecule has 0 aliphatic carbocycles. The second kappa shape index (κ2) is 4.63. The van der Waals surface area contributed by atoms with Gasteiger partial charge in [-0.2, -0.15) is 0 Å². The lowest BCUT2D eigenvalue weighted by Crippen LogP contribution is -2.64. The van der Waals surface area contributed by atoms with Gasteiger partial charge in [0.15, 0.2) is 5.54 Å². The van der Waals surface area contributed by atoms with Crippen molar-refractivity contribution < 1.29 is 22.0 Å². The Morgan fingerprint density at radius 2 is 1.95 bits per heavy atom. The van der Waals surface area contributed by atoms with Gasteiger partial charge in [0.25, 0.3) is 12.3 Å². The molecule has 2 nitrogen and oxygen atoms in total. The lowest BCUT2D eigenvalue weighted by atomic mass is 9.78. The smallest absolute Gasteiger partial charge is 0.275 e. The van der Waals surface area contributed by atoms with Crippen molar-refractivity contribution in [1.29, 1.82) is 0 Å². The van der Waals surface area contributed by atoms with Crippen LogP contribution in [0.2, 0.25) is 0 Å². The van der Waals surface area contributed by atoms with Gasteiger partial charge in [0.2, 0.25) is 0 Å². The molecule has 106 valence electrons. The zero-order valence-electron chi connectivity index (χ0n) is 9.90. The maximum absolute atomic E-state index is 14.0. The molecule has 3 N–H and O–H groups in total. The van der Waals surface area contributed by atoms with Crippen molar-refractivity contribution in [1.82, 2.24) is 5.32 Å². The van der Waals surface area contributed by atoms with Crippen molar-refractivity contribution in [3.63, 3.8) is 0 Å². The monoisotopic (exact) mass is 280 g/mol. The molecule has 1 saturated heterocycles. The van der Waals surface area contributed by atoms with E-state index in [1.165, 1.54) is 0 Å². The van der Waals surface area contributed by atoms with E-state index in [9.17, 15) is 22.0 Å². The van der Waals surface area contributed by atoms with Gasteiger partial charge in [0.1, 0.15) is 5.82 Å². The van der Waals surface area contributed by atoms with Gasteiger partial charge in [0, 0.05) is 17.7 Å². The van der Waals surface area contributed by atoms with Gasteiger partial charge in [-0.1, -0.05) is 0 Å². The number of hydrogen-bond donors (Lipinski definition) is 2. The van der Waals surface area contributed by atoms with E-state index in [1.54, 1.807) is 0 Å². The Labute approximate surface area is 106 Å². The van der Waals surface area contributed by atoms with Gasteiger partial charge in [-0.05, 0) is 31.2 Å². The van der Waals surface area contributed by atoms with Crippen molar-refractivity contribution in [2.45, 2.75) is 30.7 Å². The maximum Gasteiger partial charge on any atom is 0.275 e. The summed E-state index contributed by atoms with van der Waals surface area (Å²) in [6.07, 6.45) is -4.14. The fraction of sp³-hybridized carbons (Fsp3) is 0.500. The van der Waals surface area contributed by atoms with Crippen molar-refractivity contribution in [3.8, 4) is 0 Å². The highest BCUT2D eigenvalue weighted by Gasteiger charge is 2.62. The number of benzene rings is 1. The fourth-order valence-electron chi connectivity index (χ4n) is 2.41. The zero-order valence-corrected chi connectivity index (χ0v) is 9.90. The molecular formula is C12H13F5N2. The fourth-order valence-corrected chi connectivity index (χ4v) is 2.41. The molecule has 0 radical (unpaired) electrons. The first-order valence-electron chi connectivity index (χ1n) is 5.78. The molecule has 0 saturated carbocycles. The predicted octanol–water partition coefficient (Wildman–Crippen LogP) is 2.89. The minimum Gasteiger partial charge on any atom is -0.399 e. The first-order valence-corrected chi connectivity index (χ1v) is 5.78. The SMILES string of the molecule is Nc1ccc(F)c([C@@]2(C(F)F)NCCCC2(F)F)c1. The van der Waals surface area contributed by atoms with Crippen LogP contribution in [0.25, 0.3) is 0 Å². The summed E-state index contributed by atoms with van der Waals surface area (Å²) in [5.74, 6) is -4.88. The summed E-state index contributed by atoms with van der Waals surface area (Å²) in [7, 11) is 0. The minimum absolute atomic E-state index is 0.0336. The molecule has 1 aliphatic heterocycles. The van der Waals surface area contributed by atoms with Crippen LogP contribution < -0.4 is 11.1 Å². The van der Waals surface area contributed by atoms with Crippen LogP contribution in [-0.2, 0) is 5.54 Å². The van der Waals surface area contributed by atoms with E-state index < -0.39 is 35.7 Å². The highest BCUT2D eigenvalue weighted by atomic mass is 19.3. The van der Waals surface area contributed by atoms with Gasteiger partial charge in [-0.3, -0.25) is 5.32 Å². The molecule has 1 aliphatic rings. The van der Waals surface area contributed by atoms with Gasteiger partial charge in [-0.15, -0.1) is 0 Å².